The van der Waals surface area contributed by atoms with Crippen molar-refractivity contribution < 1.29 is 22.5 Å². The highest BCUT2D eigenvalue weighted by molar-refractivity contribution is 7.87. The first-order valence-electron chi connectivity index (χ1n) is 10.8. The zero-order valence-corrected chi connectivity index (χ0v) is 19.0. The summed E-state index contributed by atoms with van der Waals surface area (Å²) >= 11 is 0. The number of hydrogen-bond donors (Lipinski definition) is 5. The lowest BCUT2D eigenvalue weighted by atomic mass is 10.2. The Balaban J connectivity index is 1.43. The minimum atomic E-state index is -4.02. The van der Waals surface area contributed by atoms with Gasteiger partial charge in [-0.15, -0.1) is 0 Å². The molecule has 0 radical (unpaired) electrons. The Labute approximate surface area is 191 Å². The molecule has 1 fully saturated rings. The van der Waals surface area contributed by atoms with Crippen LogP contribution < -0.4 is 20.1 Å². The van der Waals surface area contributed by atoms with Gasteiger partial charge in [0.05, 0.1) is 23.7 Å². The van der Waals surface area contributed by atoms with Gasteiger partial charge >= 0.3 is 16.1 Å². The lowest BCUT2D eigenvalue weighted by molar-refractivity contribution is 0.229. The number of fused-ring (bicyclic) bond motifs is 1. The van der Waals surface area contributed by atoms with E-state index in [9.17, 15) is 13.2 Å². The van der Waals surface area contributed by atoms with E-state index in [4.69, 9.17) is 9.29 Å². The Kier molecular flexibility index (Phi) is 6.70. The van der Waals surface area contributed by atoms with Gasteiger partial charge in [-0.2, -0.15) is 8.42 Å². The van der Waals surface area contributed by atoms with Crippen LogP contribution in [0.5, 0.6) is 5.75 Å². The zero-order valence-electron chi connectivity index (χ0n) is 18.2. The van der Waals surface area contributed by atoms with E-state index in [1.807, 2.05) is 0 Å². The predicted molar refractivity (Wildman–Crippen MR) is 125 cm³/mol. The second-order valence-corrected chi connectivity index (χ2v) is 9.68. The smallest absolute Gasteiger partial charge is 0.339 e. The van der Waals surface area contributed by atoms with Crippen molar-refractivity contribution in [3.05, 3.63) is 42.5 Å². The lowest BCUT2D eigenvalue weighted by Crippen LogP contribution is -2.38. The third-order valence-corrected chi connectivity index (χ3v) is 6.67. The number of H-pyrrole nitrogens is 1. The number of aromatic nitrogens is 2. The Hall–Kier alpha value is -3.31. The first kappa shape index (κ1) is 22.9. The zero-order chi connectivity index (χ0) is 23.4. The fourth-order valence-electron chi connectivity index (χ4n) is 3.71. The van der Waals surface area contributed by atoms with Crippen molar-refractivity contribution in [1.29, 1.82) is 0 Å². The molecule has 2 aromatic carbocycles. The van der Waals surface area contributed by atoms with Gasteiger partial charge in [-0.05, 0) is 56.2 Å². The van der Waals surface area contributed by atoms with Crippen LogP contribution in [0.2, 0.25) is 0 Å². The quantitative estimate of drug-likeness (QED) is 0.316. The molecule has 1 aliphatic rings. The SMILES string of the molecule is CC(CO)NC(=O)Nc1nc2ccc(OS(=O)(=O)c3ccc(NC4CCCC4)cc3)cc2[nH]1. The van der Waals surface area contributed by atoms with E-state index in [-0.39, 0.29) is 23.2 Å². The molecule has 10 nitrogen and oxygen atoms in total. The molecule has 0 aliphatic heterocycles. The summed E-state index contributed by atoms with van der Waals surface area (Å²) in [6.07, 6.45) is 4.69. The molecule has 1 unspecified atom stereocenters. The summed E-state index contributed by atoms with van der Waals surface area (Å²) in [5.41, 5.74) is 1.90. The number of hydrogen-bond acceptors (Lipinski definition) is 7. The summed E-state index contributed by atoms with van der Waals surface area (Å²) in [5.74, 6) is 0.294. The van der Waals surface area contributed by atoms with Gasteiger partial charge in [0.1, 0.15) is 10.6 Å². The number of nitrogens with zero attached hydrogens (tertiary/aromatic N) is 1. The van der Waals surface area contributed by atoms with Crippen LogP contribution in [-0.4, -0.2) is 48.2 Å². The molecule has 33 heavy (non-hydrogen) atoms. The van der Waals surface area contributed by atoms with Crippen LogP contribution in [0.4, 0.5) is 16.4 Å². The fourth-order valence-corrected chi connectivity index (χ4v) is 4.63. The summed E-state index contributed by atoms with van der Waals surface area (Å²) in [6.45, 7) is 1.46. The summed E-state index contributed by atoms with van der Waals surface area (Å²) in [4.78, 5) is 19.1. The minimum Gasteiger partial charge on any atom is -0.394 e. The number of amides is 2. The maximum atomic E-state index is 12.7. The van der Waals surface area contributed by atoms with E-state index < -0.39 is 22.2 Å². The van der Waals surface area contributed by atoms with Gasteiger partial charge in [-0.3, -0.25) is 5.32 Å². The number of aromatic amines is 1. The topological polar surface area (TPSA) is 145 Å². The molecule has 1 atom stereocenters. The first-order valence-corrected chi connectivity index (χ1v) is 12.2. The molecule has 0 saturated heterocycles. The van der Waals surface area contributed by atoms with E-state index in [0.717, 1.165) is 18.5 Å². The van der Waals surface area contributed by atoms with E-state index in [2.05, 4.69) is 25.9 Å². The average molecular weight is 474 g/mol. The third-order valence-electron chi connectivity index (χ3n) is 5.41. The molecule has 1 heterocycles. The summed E-state index contributed by atoms with van der Waals surface area (Å²) in [7, 11) is -4.02. The van der Waals surface area contributed by atoms with Crippen molar-refractivity contribution in [2.75, 3.05) is 17.2 Å². The summed E-state index contributed by atoms with van der Waals surface area (Å²) in [5, 5.41) is 17.5. The van der Waals surface area contributed by atoms with Crippen molar-refractivity contribution in [2.45, 2.75) is 49.6 Å². The van der Waals surface area contributed by atoms with Gasteiger partial charge in [0.25, 0.3) is 0 Å². The molecule has 11 heteroatoms. The van der Waals surface area contributed by atoms with Crippen molar-refractivity contribution in [2.24, 2.45) is 0 Å². The van der Waals surface area contributed by atoms with Crippen LogP contribution in [0, 0.1) is 0 Å². The number of carbonyl (C=O) groups is 1. The van der Waals surface area contributed by atoms with E-state index in [1.54, 1.807) is 25.1 Å². The van der Waals surface area contributed by atoms with Crippen molar-refractivity contribution in [1.82, 2.24) is 15.3 Å². The number of aliphatic hydroxyl groups is 1. The minimum absolute atomic E-state index is 0.0567. The van der Waals surface area contributed by atoms with Crippen LogP contribution in [-0.2, 0) is 10.1 Å². The largest absolute Gasteiger partial charge is 0.394 e. The maximum Gasteiger partial charge on any atom is 0.339 e. The van der Waals surface area contributed by atoms with Crippen LogP contribution >= 0.6 is 0 Å². The number of rotatable bonds is 8. The van der Waals surface area contributed by atoms with Gasteiger partial charge in [0, 0.05) is 17.8 Å². The van der Waals surface area contributed by atoms with Crippen molar-refractivity contribution >= 4 is 38.8 Å². The number of nitrogens with one attached hydrogen (secondary N) is 4. The average Bonchev–Trinajstić information content (AvgIpc) is 3.42. The molecule has 1 aliphatic carbocycles. The number of imidazole rings is 1. The molecule has 176 valence electrons. The van der Waals surface area contributed by atoms with E-state index in [1.165, 1.54) is 37.1 Å². The van der Waals surface area contributed by atoms with Gasteiger partial charge in [-0.1, -0.05) is 12.8 Å². The number of aliphatic hydroxyl groups excluding tert-OH is 1. The standard InChI is InChI=1S/C22H27N5O5S/c1-14(13-28)23-22(29)27-21-25-19-11-8-17(12-20(19)26-21)32-33(30,31)18-9-6-16(7-10-18)24-15-4-2-3-5-15/h6-12,14-15,24,28H,2-5,13H2,1H3,(H3,23,25,26,27,29). The van der Waals surface area contributed by atoms with E-state index in [0.29, 0.717) is 17.1 Å². The van der Waals surface area contributed by atoms with Crippen LogP contribution in [0.25, 0.3) is 11.0 Å². The highest BCUT2D eigenvalue weighted by Crippen LogP contribution is 2.26. The number of anilines is 2. The van der Waals surface area contributed by atoms with E-state index >= 15 is 0 Å². The lowest BCUT2D eigenvalue weighted by Gasteiger charge is -2.14. The Morgan fingerprint density at radius 1 is 1.21 bits per heavy atom. The molecule has 4 rings (SSSR count). The summed E-state index contributed by atoms with van der Waals surface area (Å²) < 4.78 is 30.7. The monoisotopic (exact) mass is 473 g/mol. The van der Waals surface area contributed by atoms with Crippen LogP contribution in [0.1, 0.15) is 32.6 Å². The van der Waals surface area contributed by atoms with Crippen molar-refractivity contribution in [3.8, 4) is 5.75 Å². The second-order valence-electron chi connectivity index (χ2n) is 8.13. The molecule has 5 N–H and O–H groups in total. The van der Waals surface area contributed by atoms with Crippen LogP contribution in [0.3, 0.4) is 0 Å². The molecule has 0 spiro atoms. The summed E-state index contributed by atoms with van der Waals surface area (Å²) in [6, 6.07) is 10.6. The van der Waals surface area contributed by atoms with Gasteiger partial charge in [0.15, 0.2) is 0 Å². The molecule has 1 saturated carbocycles. The maximum absolute atomic E-state index is 12.7. The fraction of sp³-hybridized carbons (Fsp3) is 0.364. The first-order chi connectivity index (χ1) is 15.8. The van der Waals surface area contributed by atoms with Crippen molar-refractivity contribution in [3.63, 3.8) is 0 Å². The molecule has 1 aromatic heterocycles. The van der Waals surface area contributed by atoms with Gasteiger partial charge in [0.2, 0.25) is 5.95 Å². The Morgan fingerprint density at radius 2 is 1.94 bits per heavy atom. The number of benzene rings is 2. The Bertz CT molecular complexity index is 1220. The third kappa shape index (κ3) is 5.74. The highest BCUT2D eigenvalue weighted by atomic mass is 32.2. The van der Waals surface area contributed by atoms with Crippen LogP contribution in [0.15, 0.2) is 47.4 Å². The molecule has 3 aromatic rings. The predicted octanol–water partition coefficient (Wildman–Crippen LogP) is 3.19. The highest BCUT2D eigenvalue weighted by Gasteiger charge is 2.19. The molecule has 0 bridgehead atoms. The van der Waals surface area contributed by atoms with Gasteiger partial charge < -0.3 is 24.9 Å². The molecular formula is C22H27N5O5S. The van der Waals surface area contributed by atoms with Gasteiger partial charge in [-0.25, -0.2) is 9.78 Å². The Morgan fingerprint density at radius 3 is 2.64 bits per heavy atom. The number of urea groups is 1. The molecular weight excluding hydrogens is 446 g/mol. The second kappa shape index (κ2) is 9.67. The normalized spacial score (nSPS) is 15.3. The molecule has 2 amide bonds. The number of carbonyl (C=O) groups excluding carboxylic acids is 1.